The summed E-state index contributed by atoms with van der Waals surface area (Å²) in [5.74, 6) is -1.18. The van der Waals surface area contributed by atoms with Crippen molar-refractivity contribution in [2.75, 3.05) is 31.5 Å². The molecule has 0 radical (unpaired) electrons. The maximum absolute atomic E-state index is 15.4. The number of benzene rings is 1. The maximum atomic E-state index is 15.4. The van der Waals surface area contributed by atoms with Crippen LogP contribution in [0.25, 0.3) is 22.3 Å². The fraction of sp³-hybridized carbons (Fsp3) is 0.393. The van der Waals surface area contributed by atoms with Crippen molar-refractivity contribution in [2.24, 2.45) is 5.41 Å². The van der Waals surface area contributed by atoms with Gasteiger partial charge in [-0.05, 0) is 55.7 Å². The molecule has 1 aromatic carbocycles. The summed E-state index contributed by atoms with van der Waals surface area (Å²) in [6.07, 6.45) is -7.31. The number of fused-ring (bicyclic) bond motifs is 1. The molecule has 1 unspecified atom stereocenters. The lowest BCUT2D eigenvalue weighted by atomic mass is 10.0. The third-order valence-electron chi connectivity index (χ3n) is 8.19. The molecule has 1 saturated heterocycles. The van der Waals surface area contributed by atoms with Crippen molar-refractivity contribution in [1.29, 1.82) is 0 Å². The zero-order chi connectivity index (χ0) is 31.4. The molecule has 4 aromatic rings. The highest BCUT2D eigenvalue weighted by molar-refractivity contribution is 5.86. The van der Waals surface area contributed by atoms with Gasteiger partial charge in [0.15, 0.2) is 5.82 Å². The Labute approximate surface area is 245 Å². The average Bonchev–Trinajstić information content (AvgIpc) is 3.72. The molecule has 9 nitrogen and oxygen atoms in total. The highest BCUT2D eigenvalue weighted by Crippen LogP contribution is 2.58. The summed E-state index contributed by atoms with van der Waals surface area (Å²) < 4.78 is 94.9. The van der Waals surface area contributed by atoms with E-state index in [1.807, 2.05) is 6.92 Å². The fourth-order valence-electron chi connectivity index (χ4n) is 5.43. The molecule has 4 heterocycles. The van der Waals surface area contributed by atoms with E-state index in [9.17, 15) is 31.1 Å². The van der Waals surface area contributed by atoms with E-state index in [1.165, 1.54) is 17.0 Å². The van der Waals surface area contributed by atoms with Crippen molar-refractivity contribution in [3.05, 3.63) is 59.9 Å². The van der Waals surface area contributed by atoms with Crippen molar-refractivity contribution in [2.45, 2.75) is 38.2 Å². The molecule has 3 aromatic heterocycles. The maximum Gasteiger partial charge on any atom is 0.433 e. The summed E-state index contributed by atoms with van der Waals surface area (Å²) in [6, 6.07) is 6.78. The van der Waals surface area contributed by atoms with Gasteiger partial charge in [-0.2, -0.15) is 26.3 Å². The number of rotatable bonds is 6. The van der Waals surface area contributed by atoms with Gasteiger partial charge in [-0.3, -0.25) is 9.69 Å². The Kier molecular flexibility index (Phi) is 7.21. The number of piperazine rings is 1. The number of nitrogens with one attached hydrogen (secondary N) is 2. The predicted molar refractivity (Wildman–Crippen MR) is 144 cm³/mol. The first-order chi connectivity index (χ1) is 20.8. The molecular formula is C28H25F7N8O. The molecular weight excluding hydrogens is 597 g/mol. The Hall–Kier alpha value is -4.34. The molecule has 1 amide bonds. The highest BCUT2D eigenvalue weighted by Gasteiger charge is 2.69. The van der Waals surface area contributed by atoms with Gasteiger partial charge in [0.25, 0.3) is 0 Å². The van der Waals surface area contributed by atoms with E-state index in [-0.39, 0.29) is 60.2 Å². The third-order valence-corrected chi connectivity index (χ3v) is 8.19. The van der Waals surface area contributed by atoms with Gasteiger partial charge in [0, 0.05) is 44.0 Å². The first kappa shape index (κ1) is 29.7. The lowest BCUT2D eigenvalue weighted by Gasteiger charge is -2.39. The van der Waals surface area contributed by atoms with Crippen LogP contribution >= 0.6 is 0 Å². The number of amides is 1. The number of anilines is 2. The number of carbonyl (C=O) groups is 1. The highest BCUT2D eigenvalue weighted by atomic mass is 19.4. The van der Waals surface area contributed by atoms with Crippen LogP contribution in [0.4, 0.5) is 42.5 Å². The molecule has 2 aliphatic rings. The molecule has 1 aliphatic carbocycles. The van der Waals surface area contributed by atoms with Gasteiger partial charge in [0.05, 0.1) is 11.2 Å². The van der Waals surface area contributed by atoms with Gasteiger partial charge in [0.2, 0.25) is 11.9 Å². The Morgan fingerprint density at radius 1 is 1.00 bits per heavy atom. The number of carbonyl (C=O) groups excluding carboxylic acids is 1. The van der Waals surface area contributed by atoms with E-state index in [0.717, 1.165) is 11.9 Å². The van der Waals surface area contributed by atoms with E-state index in [1.54, 1.807) is 18.3 Å². The zero-order valence-electron chi connectivity index (χ0n) is 23.1. The number of pyridine rings is 1. The van der Waals surface area contributed by atoms with E-state index in [0.29, 0.717) is 25.0 Å². The van der Waals surface area contributed by atoms with Crippen LogP contribution in [0, 0.1) is 11.2 Å². The molecule has 44 heavy (non-hydrogen) atoms. The van der Waals surface area contributed by atoms with E-state index in [4.69, 9.17) is 0 Å². The molecule has 1 saturated carbocycles. The summed E-state index contributed by atoms with van der Waals surface area (Å²) in [4.78, 5) is 34.3. The summed E-state index contributed by atoms with van der Waals surface area (Å²) in [6.45, 7) is 3.11. The van der Waals surface area contributed by atoms with Gasteiger partial charge < -0.3 is 15.2 Å². The zero-order valence-corrected chi connectivity index (χ0v) is 23.1. The van der Waals surface area contributed by atoms with Crippen LogP contribution < -0.4 is 5.32 Å². The predicted octanol–water partition coefficient (Wildman–Crippen LogP) is 5.86. The number of hydrogen-bond donors (Lipinski definition) is 2. The van der Waals surface area contributed by atoms with Gasteiger partial charge in [0.1, 0.15) is 28.8 Å². The number of hydrogen-bond acceptors (Lipinski definition) is 7. The first-order valence-corrected chi connectivity index (χ1v) is 13.7. The van der Waals surface area contributed by atoms with Crippen molar-refractivity contribution in [3.63, 3.8) is 0 Å². The summed E-state index contributed by atoms with van der Waals surface area (Å²) in [5, 5.41) is 2.97. The fourth-order valence-corrected chi connectivity index (χ4v) is 5.43. The van der Waals surface area contributed by atoms with Gasteiger partial charge >= 0.3 is 12.4 Å². The van der Waals surface area contributed by atoms with Crippen molar-refractivity contribution in [1.82, 2.24) is 34.7 Å². The molecule has 0 spiro atoms. The molecule has 2 fully saturated rings. The minimum atomic E-state index is -4.72. The first-order valence-electron chi connectivity index (χ1n) is 13.7. The van der Waals surface area contributed by atoms with Crippen LogP contribution in [0.3, 0.4) is 0 Å². The Morgan fingerprint density at radius 3 is 2.39 bits per heavy atom. The number of imidazole rings is 1. The van der Waals surface area contributed by atoms with Crippen molar-refractivity contribution in [3.8, 4) is 11.3 Å². The number of H-pyrrole nitrogens is 1. The molecule has 6 rings (SSSR count). The Morgan fingerprint density at radius 2 is 1.73 bits per heavy atom. The van der Waals surface area contributed by atoms with E-state index < -0.39 is 35.2 Å². The number of alkyl halides is 6. The van der Waals surface area contributed by atoms with E-state index in [2.05, 4.69) is 35.1 Å². The number of nitrogens with zero attached hydrogens (tertiary/aromatic N) is 6. The molecule has 0 bridgehead atoms. The Bertz CT molecular complexity index is 1710. The minimum Gasteiger partial charge on any atom is -0.339 e. The topological polar surface area (TPSA) is 103 Å². The second-order valence-corrected chi connectivity index (χ2v) is 10.9. The quantitative estimate of drug-likeness (QED) is 0.260. The smallest absolute Gasteiger partial charge is 0.339 e. The second-order valence-electron chi connectivity index (χ2n) is 10.9. The largest absolute Gasteiger partial charge is 0.433 e. The van der Waals surface area contributed by atoms with Crippen molar-refractivity contribution < 1.29 is 35.5 Å². The monoisotopic (exact) mass is 622 g/mol. The van der Waals surface area contributed by atoms with Gasteiger partial charge in [-0.25, -0.2) is 24.3 Å². The van der Waals surface area contributed by atoms with Crippen LogP contribution in [0.2, 0.25) is 0 Å². The van der Waals surface area contributed by atoms with Crippen LogP contribution in [0.1, 0.15) is 37.1 Å². The third kappa shape index (κ3) is 5.42. The lowest BCUT2D eigenvalue weighted by molar-refractivity contribution is -0.199. The number of aromatic amines is 1. The van der Waals surface area contributed by atoms with E-state index >= 15 is 4.39 Å². The number of halogens is 7. The second kappa shape index (κ2) is 10.7. The summed E-state index contributed by atoms with van der Waals surface area (Å²) in [5.41, 5.74) is -2.82. The van der Waals surface area contributed by atoms with Gasteiger partial charge in [-0.15, -0.1) is 0 Å². The van der Waals surface area contributed by atoms with Crippen LogP contribution in [-0.4, -0.2) is 73.0 Å². The average molecular weight is 623 g/mol. The molecule has 16 heteroatoms. The van der Waals surface area contributed by atoms with Crippen LogP contribution in [0.5, 0.6) is 0 Å². The molecule has 1 atom stereocenters. The lowest BCUT2D eigenvalue weighted by Crippen LogP contribution is -2.53. The summed E-state index contributed by atoms with van der Waals surface area (Å²) in [7, 11) is 0. The SMILES string of the molecule is CC(c1ccnc(Nc2nc3ccc(-c4cc(C(F)(F)F)ncn4)c(F)c3[nH]2)c1)N1CCN(C(=O)C2(C(F)(F)F)CC2)CC1. The number of aromatic nitrogens is 5. The van der Waals surface area contributed by atoms with Crippen LogP contribution in [-0.2, 0) is 11.0 Å². The van der Waals surface area contributed by atoms with Crippen molar-refractivity contribution >= 4 is 28.7 Å². The Balaban J connectivity index is 1.14. The minimum absolute atomic E-state index is 0.0485. The molecule has 232 valence electrons. The van der Waals surface area contributed by atoms with Crippen LogP contribution in [0.15, 0.2) is 42.9 Å². The molecule has 2 N–H and O–H groups in total. The summed E-state index contributed by atoms with van der Waals surface area (Å²) >= 11 is 0. The van der Waals surface area contributed by atoms with Gasteiger partial charge in [-0.1, -0.05) is 0 Å². The molecule has 1 aliphatic heterocycles. The standard InChI is InChI=1S/C28H25F7N8O/c1-15(42-8-10-43(11-9-42)24(44)26(5-6-26)28(33,34)35)16-4-7-36-21(12-16)40-25-39-18-3-2-17(22(29)23(18)41-25)19-13-20(27(30,31)32)38-14-37-19/h2-4,7,12-15H,5-6,8-11H2,1H3,(H2,36,39,40,41). The normalized spacial score (nSPS) is 18.0.